The van der Waals surface area contributed by atoms with Gasteiger partial charge in [0.15, 0.2) is 0 Å². The first-order chi connectivity index (χ1) is 11.8. The first-order valence-electron chi connectivity index (χ1n) is 7.80. The molecule has 3 aromatic carbocycles. The van der Waals surface area contributed by atoms with E-state index in [0.29, 0.717) is 0 Å². The Morgan fingerprint density at radius 2 is 1.38 bits per heavy atom. The molecule has 0 radical (unpaired) electrons. The highest BCUT2D eigenvalue weighted by Gasteiger charge is 2.10. The van der Waals surface area contributed by atoms with E-state index in [0.717, 1.165) is 11.1 Å². The largest absolute Gasteiger partial charge is 0.207 e. The van der Waals surface area contributed by atoms with Gasteiger partial charge < -0.3 is 0 Å². The Morgan fingerprint density at radius 1 is 0.583 bits per heavy atom. The third-order valence-corrected chi connectivity index (χ3v) is 4.95. The van der Waals surface area contributed by atoms with E-state index in [-0.39, 0.29) is 5.82 Å². The number of hydrogen-bond acceptors (Lipinski definition) is 1. The van der Waals surface area contributed by atoms with Crippen molar-refractivity contribution >= 4 is 11.3 Å². The Hall–Kier alpha value is -2.71. The van der Waals surface area contributed by atoms with E-state index in [1.54, 1.807) is 23.5 Å². The summed E-state index contributed by atoms with van der Waals surface area (Å²) in [5.41, 5.74) is 5.48. The Bertz CT molecular complexity index is 956. The molecule has 0 amide bonds. The van der Waals surface area contributed by atoms with Crippen LogP contribution in [0, 0.1) is 5.82 Å². The smallest absolute Gasteiger partial charge is 0.123 e. The minimum absolute atomic E-state index is 0.211. The molecule has 24 heavy (non-hydrogen) atoms. The Kier molecular flexibility index (Phi) is 3.97. The van der Waals surface area contributed by atoms with Crippen molar-refractivity contribution in [3.05, 3.63) is 96.1 Å². The molecule has 0 saturated carbocycles. The van der Waals surface area contributed by atoms with E-state index >= 15 is 0 Å². The van der Waals surface area contributed by atoms with E-state index in [2.05, 4.69) is 47.8 Å². The van der Waals surface area contributed by atoms with Crippen LogP contribution >= 0.6 is 11.3 Å². The van der Waals surface area contributed by atoms with Crippen LogP contribution in [-0.4, -0.2) is 0 Å². The number of benzene rings is 3. The molecular weight excluding hydrogens is 315 g/mol. The van der Waals surface area contributed by atoms with Gasteiger partial charge in [0, 0.05) is 10.4 Å². The second-order valence-corrected chi connectivity index (χ2v) is 6.56. The zero-order valence-electron chi connectivity index (χ0n) is 12.9. The lowest BCUT2D eigenvalue weighted by Gasteiger charge is -2.12. The van der Waals surface area contributed by atoms with Crippen molar-refractivity contribution in [1.82, 2.24) is 0 Å². The number of rotatable bonds is 3. The molecule has 0 fully saturated rings. The fourth-order valence-corrected chi connectivity index (χ4v) is 3.65. The first-order valence-corrected chi connectivity index (χ1v) is 8.68. The van der Waals surface area contributed by atoms with E-state index in [1.807, 2.05) is 24.3 Å². The summed E-state index contributed by atoms with van der Waals surface area (Å²) in [6.07, 6.45) is 0. The SMILES string of the molecule is Fc1cccc(-c2ccc(-c3ccccc3)c(-c3cccs3)c2)c1. The average Bonchev–Trinajstić information content (AvgIpc) is 3.16. The molecule has 0 spiro atoms. The highest BCUT2D eigenvalue weighted by atomic mass is 32.1. The molecule has 4 rings (SSSR count). The Labute approximate surface area is 144 Å². The molecule has 0 bridgehead atoms. The van der Waals surface area contributed by atoms with Gasteiger partial charge in [-0.15, -0.1) is 11.3 Å². The minimum Gasteiger partial charge on any atom is -0.207 e. The summed E-state index contributed by atoms with van der Waals surface area (Å²) >= 11 is 1.72. The van der Waals surface area contributed by atoms with Crippen LogP contribution in [-0.2, 0) is 0 Å². The summed E-state index contributed by atoms with van der Waals surface area (Å²) in [5.74, 6) is -0.211. The highest BCUT2D eigenvalue weighted by molar-refractivity contribution is 7.13. The van der Waals surface area contributed by atoms with Crippen LogP contribution in [0.2, 0.25) is 0 Å². The van der Waals surface area contributed by atoms with Gasteiger partial charge in [0.2, 0.25) is 0 Å². The molecular formula is C22H15FS. The fourth-order valence-electron chi connectivity index (χ4n) is 2.90. The van der Waals surface area contributed by atoms with Crippen LogP contribution in [0.5, 0.6) is 0 Å². The molecule has 0 saturated heterocycles. The summed E-state index contributed by atoms with van der Waals surface area (Å²) in [5, 5.41) is 2.08. The van der Waals surface area contributed by atoms with Gasteiger partial charge in [-0.05, 0) is 51.9 Å². The zero-order chi connectivity index (χ0) is 16.4. The predicted molar refractivity (Wildman–Crippen MR) is 101 cm³/mol. The van der Waals surface area contributed by atoms with Crippen LogP contribution in [0.4, 0.5) is 4.39 Å². The fraction of sp³-hybridized carbons (Fsp3) is 0. The van der Waals surface area contributed by atoms with E-state index < -0.39 is 0 Å². The Balaban J connectivity index is 1.90. The van der Waals surface area contributed by atoms with E-state index in [1.165, 1.54) is 27.6 Å². The van der Waals surface area contributed by atoms with Gasteiger partial charge in [0.1, 0.15) is 5.82 Å². The second-order valence-electron chi connectivity index (χ2n) is 5.61. The molecule has 2 heteroatoms. The lowest BCUT2D eigenvalue weighted by Crippen LogP contribution is -1.86. The normalized spacial score (nSPS) is 10.7. The van der Waals surface area contributed by atoms with Crippen molar-refractivity contribution < 1.29 is 4.39 Å². The monoisotopic (exact) mass is 330 g/mol. The molecule has 0 unspecified atom stereocenters. The van der Waals surface area contributed by atoms with Gasteiger partial charge in [0.05, 0.1) is 0 Å². The van der Waals surface area contributed by atoms with Gasteiger partial charge in [-0.25, -0.2) is 4.39 Å². The van der Waals surface area contributed by atoms with Crippen molar-refractivity contribution in [2.75, 3.05) is 0 Å². The molecule has 116 valence electrons. The van der Waals surface area contributed by atoms with Crippen LogP contribution in [0.15, 0.2) is 90.3 Å². The molecule has 0 nitrogen and oxygen atoms in total. The van der Waals surface area contributed by atoms with Crippen molar-refractivity contribution in [2.45, 2.75) is 0 Å². The molecule has 1 heterocycles. The quantitative estimate of drug-likeness (QED) is 0.384. The second kappa shape index (κ2) is 6.42. The average molecular weight is 330 g/mol. The van der Waals surface area contributed by atoms with Gasteiger partial charge in [-0.2, -0.15) is 0 Å². The number of halogens is 1. The molecule has 0 atom stereocenters. The lowest BCUT2D eigenvalue weighted by atomic mass is 9.94. The predicted octanol–water partition coefficient (Wildman–Crippen LogP) is 6.89. The lowest BCUT2D eigenvalue weighted by molar-refractivity contribution is 0.628. The molecule has 4 aromatic rings. The van der Waals surface area contributed by atoms with Gasteiger partial charge in [-0.3, -0.25) is 0 Å². The summed E-state index contributed by atoms with van der Waals surface area (Å²) in [6, 6.07) is 27.6. The van der Waals surface area contributed by atoms with Crippen molar-refractivity contribution in [1.29, 1.82) is 0 Å². The molecule has 0 aliphatic rings. The maximum absolute atomic E-state index is 13.6. The molecule has 0 N–H and O–H groups in total. The highest BCUT2D eigenvalue weighted by Crippen LogP contribution is 2.37. The third kappa shape index (κ3) is 2.89. The van der Waals surface area contributed by atoms with E-state index in [4.69, 9.17) is 0 Å². The topological polar surface area (TPSA) is 0 Å². The maximum atomic E-state index is 13.6. The van der Waals surface area contributed by atoms with Crippen LogP contribution in [0.25, 0.3) is 32.7 Å². The van der Waals surface area contributed by atoms with Crippen molar-refractivity contribution in [3.63, 3.8) is 0 Å². The van der Waals surface area contributed by atoms with Gasteiger partial charge >= 0.3 is 0 Å². The van der Waals surface area contributed by atoms with Crippen LogP contribution in [0.3, 0.4) is 0 Å². The Morgan fingerprint density at radius 3 is 2.12 bits per heavy atom. The van der Waals surface area contributed by atoms with Crippen molar-refractivity contribution in [3.8, 4) is 32.7 Å². The van der Waals surface area contributed by atoms with Crippen LogP contribution < -0.4 is 0 Å². The number of hydrogen-bond donors (Lipinski definition) is 0. The van der Waals surface area contributed by atoms with Crippen LogP contribution in [0.1, 0.15) is 0 Å². The zero-order valence-corrected chi connectivity index (χ0v) is 13.8. The number of thiophene rings is 1. The van der Waals surface area contributed by atoms with E-state index in [9.17, 15) is 4.39 Å². The third-order valence-electron chi connectivity index (χ3n) is 4.05. The molecule has 0 aliphatic heterocycles. The first kappa shape index (κ1) is 14.9. The summed E-state index contributed by atoms with van der Waals surface area (Å²) in [4.78, 5) is 1.21. The summed E-state index contributed by atoms with van der Waals surface area (Å²) < 4.78 is 13.6. The summed E-state index contributed by atoms with van der Waals surface area (Å²) in [6.45, 7) is 0. The minimum atomic E-state index is -0.211. The maximum Gasteiger partial charge on any atom is 0.123 e. The standard InChI is InChI=1S/C22H15FS/c23-19-9-4-8-17(14-19)18-11-12-20(16-6-2-1-3-7-16)21(15-18)22-10-5-13-24-22/h1-15H. The van der Waals surface area contributed by atoms with Gasteiger partial charge in [0.25, 0.3) is 0 Å². The van der Waals surface area contributed by atoms with Gasteiger partial charge in [-0.1, -0.05) is 60.7 Å². The summed E-state index contributed by atoms with van der Waals surface area (Å²) in [7, 11) is 0. The molecule has 1 aromatic heterocycles. The molecule has 0 aliphatic carbocycles. The van der Waals surface area contributed by atoms with Crippen molar-refractivity contribution in [2.24, 2.45) is 0 Å².